The standard InChI is InChI=1S/C26H23BrN2O2S/c1-26(2)14-18-23(20(30)15-26)24(21-12-13-22(27)32-21)29(19-11-7-6-10-17(19)28-18)25(31)16-8-4-3-5-9-16/h3-13,24,28H,14-15H2,1-2H3/t24-/m1/s1. The van der Waals surface area contributed by atoms with Gasteiger partial charge in [0.2, 0.25) is 0 Å². The lowest BCUT2D eigenvalue weighted by molar-refractivity contribution is -0.118. The highest BCUT2D eigenvalue weighted by molar-refractivity contribution is 9.11. The number of anilines is 2. The molecule has 1 aromatic heterocycles. The van der Waals surface area contributed by atoms with E-state index in [1.54, 1.807) is 16.2 Å². The highest BCUT2D eigenvalue weighted by Crippen LogP contribution is 2.50. The van der Waals surface area contributed by atoms with Crippen LogP contribution in [0.2, 0.25) is 0 Å². The number of fused-ring (bicyclic) bond motifs is 1. The van der Waals surface area contributed by atoms with E-state index >= 15 is 0 Å². The summed E-state index contributed by atoms with van der Waals surface area (Å²) >= 11 is 5.13. The molecule has 0 saturated carbocycles. The van der Waals surface area contributed by atoms with Crippen molar-refractivity contribution in [2.45, 2.75) is 32.7 Å². The molecule has 5 rings (SSSR count). The van der Waals surface area contributed by atoms with Crippen molar-refractivity contribution in [3.8, 4) is 0 Å². The number of benzene rings is 2. The Balaban J connectivity index is 1.79. The Morgan fingerprint density at radius 1 is 1.03 bits per heavy atom. The Morgan fingerprint density at radius 3 is 2.47 bits per heavy atom. The smallest absolute Gasteiger partial charge is 0.259 e. The Hall–Kier alpha value is -2.70. The van der Waals surface area contributed by atoms with E-state index in [-0.39, 0.29) is 17.1 Å². The van der Waals surface area contributed by atoms with Crippen LogP contribution in [0.1, 0.15) is 48.0 Å². The molecule has 2 aromatic carbocycles. The third-order valence-corrected chi connectivity index (χ3v) is 7.68. The third kappa shape index (κ3) is 3.71. The van der Waals surface area contributed by atoms with Crippen LogP contribution in [0.4, 0.5) is 11.4 Å². The zero-order valence-corrected chi connectivity index (χ0v) is 20.3. The van der Waals surface area contributed by atoms with Crippen LogP contribution in [0.3, 0.4) is 0 Å². The number of carbonyl (C=O) groups is 2. The van der Waals surface area contributed by atoms with Crippen molar-refractivity contribution in [3.05, 3.63) is 92.2 Å². The molecule has 1 amide bonds. The van der Waals surface area contributed by atoms with Crippen molar-refractivity contribution in [2.24, 2.45) is 5.41 Å². The normalized spacial score (nSPS) is 19.7. The van der Waals surface area contributed by atoms with Gasteiger partial charge in [-0.3, -0.25) is 14.5 Å². The second-order valence-corrected chi connectivity index (χ2v) is 11.6. The number of rotatable bonds is 2. The van der Waals surface area contributed by atoms with Crippen molar-refractivity contribution in [1.29, 1.82) is 0 Å². The second kappa shape index (κ2) is 8.01. The summed E-state index contributed by atoms with van der Waals surface area (Å²) in [4.78, 5) is 30.3. The van der Waals surface area contributed by atoms with Crippen molar-refractivity contribution in [1.82, 2.24) is 0 Å². The Bertz CT molecular complexity index is 1250. The predicted molar refractivity (Wildman–Crippen MR) is 133 cm³/mol. The SMILES string of the molecule is CC1(C)CC(=O)C2=C(C1)Nc1ccccc1N(C(=O)c1ccccc1)[C@@H]2c1ccc(Br)s1. The molecular weight excluding hydrogens is 484 g/mol. The van der Waals surface area contributed by atoms with Crippen molar-refractivity contribution in [3.63, 3.8) is 0 Å². The van der Waals surface area contributed by atoms with Crippen LogP contribution < -0.4 is 10.2 Å². The number of nitrogens with zero attached hydrogens (tertiary/aromatic N) is 1. The summed E-state index contributed by atoms with van der Waals surface area (Å²) in [7, 11) is 0. The maximum absolute atomic E-state index is 14.0. The number of nitrogens with one attached hydrogen (secondary N) is 1. The molecular formula is C26H23BrN2O2S. The number of hydrogen-bond acceptors (Lipinski definition) is 4. The topological polar surface area (TPSA) is 49.4 Å². The molecule has 2 heterocycles. The van der Waals surface area contributed by atoms with Gasteiger partial charge in [-0.15, -0.1) is 11.3 Å². The molecule has 0 spiro atoms. The summed E-state index contributed by atoms with van der Waals surface area (Å²) in [5, 5.41) is 3.55. The summed E-state index contributed by atoms with van der Waals surface area (Å²) in [6.07, 6.45) is 1.21. The lowest BCUT2D eigenvalue weighted by Crippen LogP contribution is -2.39. The fourth-order valence-corrected chi connectivity index (χ4v) is 6.20. The number of carbonyl (C=O) groups excluding carboxylic acids is 2. The van der Waals surface area contributed by atoms with Gasteiger partial charge in [0.1, 0.15) is 6.04 Å². The van der Waals surface area contributed by atoms with E-state index in [2.05, 4.69) is 35.1 Å². The molecule has 1 N–H and O–H groups in total. The Morgan fingerprint density at radius 2 is 1.75 bits per heavy atom. The number of halogens is 1. The van der Waals surface area contributed by atoms with Crippen LogP contribution in [0, 0.1) is 5.41 Å². The largest absolute Gasteiger partial charge is 0.357 e. The number of thiophene rings is 1. The molecule has 3 aromatic rings. The van der Waals surface area contributed by atoms with Gasteiger partial charge in [0.15, 0.2) is 5.78 Å². The molecule has 0 saturated heterocycles. The van der Waals surface area contributed by atoms with Gasteiger partial charge in [0.05, 0.1) is 15.2 Å². The first-order chi connectivity index (χ1) is 15.3. The van der Waals surface area contributed by atoms with E-state index in [0.717, 1.165) is 32.2 Å². The number of ketones is 1. The first-order valence-corrected chi connectivity index (χ1v) is 12.2. The van der Waals surface area contributed by atoms with Gasteiger partial charge in [0.25, 0.3) is 5.91 Å². The zero-order valence-electron chi connectivity index (χ0n) is 17.9. The summed E-state index contributed by atoms with van der Waals surface area (Å²) in [5.41, 5.74) is 3.67. The van der Waals surface area contributed by atoms with E-state index in [4.69, 9.17) is 0 Å². The van der Waals surface area contributed by atoms with Crippen LogP contribution in [0.15, 0.2) is 81.8 Å². The van der Waals surface area contributed by atoms with Crippen LogP contribution in [-0.2, 0) is 4.79 Å². The molecule has 1 aliphatic carbocycles. The maximum atomic E-state index is 14.0. The quantitative estimate of drug-likeness (QED) is 0.408. The summed E-state index contributed by atoms with van der Waals surface area (Å²) in [6, 6.07) is 20.6. The zero-order chi connectivity index (χ0) is 22.5. The minimum absolute atomic E-state index is 0.0944. The van der Waals surface area contributed by atoms with E-state index in [1.807, 2.05) is 66.7 Å². The number of allylic oxidation sites excluding steroid dienone is 1. The van der Waals surface area contributed by atoms with Gasteiger partial charge in [-0.25, -0.2) is 0 Å². The number of para-hydroxylation sites is 2. The van der Waals surface area contributed by atoms with E-state index in [9.17, 15) is 9.59 Å². The van der Waals surface area contributed by atoms with Crippen LogP contribution in [-0.4, -0.2) is 11.7 Å². The van der Waals surface area contributed by atoms with Crippen molar-refractivity contribution in [2.75, 3.05) is 10.2 Å². The molecule has 162 valence electrons. The summed E-state index contributed by atoms with van der Waals surface area (Å²) in [5.74, 6) is -0.0299. The molecule has 32 heavy (non-hydrogen) atoms. The molecule has 1 atom stereocenters. The van der Waals surface area contributed by atoms with Crippen LogP contribution >= 0.6 is 27.3 Å². The van der Waals surface area contributed by atoms with Gasteiger partial charge in [-0.2, -0.15) is 0 Å². The molecule has 0 radical (unpaired) electrons. The average Bonchev–Trinajstić information content (AvgIpc) is 3.12. The highest BCUT2D eigenvalue weighted by atomic mass is 79.9. The summed E-state index contributed by atoms with van der Waals surface area (Å²) < 4.78 is 0.968. The van der Waals surface area contributed by atoms with E-state index in [1.165, 1.54) is 0 Å². The van der Waals surface area contributed by atoms with Gasteiger partial charge in [-0.05, 0) is 64.2 Å². The van der Waals surface area contributed by atoms with Gasteiger partial charge >= 0.3 is 0 Å². The molecule has 2 aliphatic rings. The predicted octanol–water partition coefficient (Wildman–Crippen LogP) is 6.97. The maximum Gasteiger partial charge on any atom is 0.259 e. The first-order valence-electron chi connectivity index (χ1n) is 10.6. The molecule has 0 bridgehead atoms. The second-order valence-electron chi connectivity index (χ2n) is 9.06. The van der Waals surface area contributed by atoms with E-state index < -0.39 is 6.04 Å². The lowest BCUT2D eigenvalue weighted by Gasteiger charge is -2.36. The Labute approximate surface area is 200 Å². The third-order valence-electron chi connectivity index (χ3n) is 6.00. The van der Waals surface area contributed by atoms with Gasteiger partial charge in [-0.1, -0.05) is 44.2 Å². The minimum Gasteiger partial charge on any atom is -0.357 e. The number of amides is 1. The fraction of sp³-hybridized carbons (Fsp3) is 0.231. The fourth-order valence-electron chi connectivity index (χ4n) is 4.67. The van der Waals surface area contributed by atoms with Gasteiger partial charge in [0, 0.05) is 28.1 Å². The summed E-state index contributed by atoms with van der Waals surface area (Å²) in [6.45, 7) is 4.24. The average molecular weight is 507 g/mol. The first kappa shape index (κ1) is 21.2. The monoisotopic (exact) mass is 506 g/mol. The number of hydrogen-bond donors (Lipinski definition) is 1. The van der Waals surface area contributed by atoms with Crippen molar-refractivity contribution >= 4 is 50.3 Å². The minimum atomic E-state index is -0.492. The highest BCUT2D eigenvalue weighted by Gasteiger charge is 2.43. The van der Waals surface area contributed by atoms with Crippen LogP contribution in [0.25, 0.3) is 0 Å². The molecule has 0 unspecified atom stereocenters. The molecule has 6 heteroatoms. The van der Waals surface area contributed by atoms with Crippen LogP contribution in [0.5, 0.6) is 0 Å². The van der Waals surface area contributed by atoms with E-state index in [0.29, 0.717) is 17.6 Å². The number of Topliss-reactive ketones (excluding diaryl/α,β-unsaturated/α-hetero) is 1. The molecule has 0 fully saturated rings. The lowest BCUT2D eigenvalue weighted by atomic mass is 9.74. The van der Waals surface area contributed by atoms with Gasteiger partial charge < -0.3 is 5.32 Å². The van der Waals surface area contributed by atoms with Crippen molar-refractivity contribution < 1.29 is 9.59 Å². The molecule has 1 aliphatic heterocycles. The Kier molecular flexibility index (Phi) is 5.30. The molecule has 4 nitrogen and oxygen atoms in total.